The largest absolute Gasteiger partial charge is 0.444 e. The second-order valence-electron chi connectivity index (χ2n) is 8.15. The fraction of sp³-hybridized carbons (Fsp3) is 0.476. The molecule has 2 amide bonds. The van der Waals surface area contributed by atoms with E-state index in [2.05, 4.69) is 10.2 Å². The molecule has 150 valence electrons. The number of nitrogens with zero attached hydrogens (tertiary/aromatic N) is 3. The average molecular weight is 384 g/mol. The number of nitrogens with one attached hydrogen (secondary N) is 1. The molecule has 0 aliphatic carbocycles. The number of benzene rings is 1. The maximum absolute atomic E-state index is 12.7. The van der Waals surface area contributed by atoms with Crippen LogP contribution in [0, 0.1) is 0 Å². The van der Waals surface area contributed by atoms with Crippen molar-refractivity contribution in [1.82, 2.24) is 15.1 Å². The van der Waals surface area contributed by atoms with Gasteiger partial charge < -0.3 is 14.5 Å². The van der Waals surface area contributed by atoms with Gasteiger partial charge in [0.25, 0.3) is 5.91 Å². The van der Waals surface area contributed by atoms with Crippen LogP contribution in [0.1, 0.15) is 55.7 Å². The van der Waals surface area contributed by atoms with Crippen molar-refractivity contribution in [3.63, 3.8) is 0 Å². The summed E-state index contributed by atoms with van der Waals surface area (Å²) in [6, 6.07) is 11.3. The molecular formula is C21H28N4O3. The number of likely N-dealkylation sites (tertiary alicyclic amines) is 1. The van der Waals surface area contributed by atoms with Crippen molar-refractivity contribution in [1.29, 1.82) is 0 Å². The number of aromatic amines is 1. The number of rotatable bonds is 3. The summed E-state index contributed by atoms with van der Waals surface area (Å²) in [6.45, 7) is 6.87. The van der Waals surface area contributed by atoms with Crippen molar-refractivity contribution in [3.05, 3.63) is 47.8 Å². The van der Waals surface area contributed by atoms with E-state index < -0.39 is 5.60 Å². The van der Waals surface area contributed by atoms with E-state index in [-0.39, 0.29) is 17.9 Å². The van der Waals surface area contributed by atoms with Crippen LogP contribution in [0.4, 0.5) is 10.5 Å². The second-order valence-corrected chi connectivity index (χ2v) is 8.15. The Morgan fingerprint density at radius 3 is 2.43 bits per heavy atom. The first-order valence-electron chi connectivity index (χ1n) is 9.61. The zero-order valence-corrected chi connectivity index (χ0v) is 16.9. The highest BCUT2D eigenvalue weighted by molar-refractivity contribution is 6.04. The lowest BCUT2D eigenvalue weighted by molar-refractivity contribution is 0.0204. The van der Waals surface area contributed by atoms with E-state index in [1.165, 1.54) is 0 Å². The maximum Gasteiger partial charge on any atom is 0.410 e. The third-order valence-electron chi connectivity index (χ3n) is 4.85. The molecule has 3 rings (SSSR count). The van der Waals surface area contributed by atoms with E-state index in [0.717, 1.165) is 24.2 Å². The van der Waals surface area contributed by atoms with Gasteiger partial charge in [-0.15, -0.1) is 0 Å². The number of hydrogen-bond donors (Lipinski definition) is 1. The Hall–Kier alpha value is -2.83. The number of carbonyl (C=O) groups excluding carboxylic acids is 2. The molecule has 1 aromatic heterocycles. The van der Waals surface area contributed by atoms with Crippen molar-refractivity contribution in [2.24, 2.45) is 0 Å². The zero-order valence-electron chi connectivity index (χ0n) is 16.9. The van der Waals surface area contributed by atoms with Gasteiger partial charge in [-0.1, -0.05) is 18.2 Å². The van der Waals surface area contributed by atoms with Gasteiger partial charge in [0.1, 0.15) is 5.60 Å². The van der Waals surface area contributed by atoms with Gasteiger partial charge in [0.2, 0.25) is 0 Å². The molecular weight excluding hydrogens is 356 g/mol. The van der Waals surface area contributed by atoms with Gasteiger partial charge in [0.15, 0.2) is 5.69 Å². The van der Waals surface area contributed by atoms with Gasteiger partial charge in [-0.05, 0) is 51.8 Å². The number of hydrogen-bond acceptors (Lipinski definition) is 4. The van der Waals surface area contributed by atoms with Crippen molar-refractivity contribution < 1.29 is 14.3 Å². The van der Waals surface area contributed by atoms with Crippen LogP contribution in [-0.4, -0.2) is 52.8 Å². The lowest BCUT2D eigenvalue weighted by Crippen LogP contribution is -2.41. The Bertz CT molecular complexity index is 818. The predicted molar refractivity (Wildman–Crippen MR) is 108 cm³/mol. The minimum atomic E-state index is -0.489. The molecule has 1 aliphatic heterocycles. The molecule has 1 aromatic carbocycles. The Kier molecular flexibility index (Phi) is 5.72. The summed E-state index contributed by atoms with van der Waals surface area (Å²) in [6.07, 6.45) is 1.35. The van der Waals surface area contributed by atoms with Crippen LogP contribution in [0.3, 0.4) is 0 Å². The fourth-order valence-corrected chi connectivity index (χ4v) is 3.30. The van der Waals surface area contributed by atoms with Crippen LogP contribution in [0.2, 0.25) is 0 Å². The Morgan fingerprint density at radius 2 is 1.82 bits per heavy atom. The normalized spacial score (nSPS) is 15.4. The smallest absolute Gasteiger partial charge is 0.410 e. The van der Waals surface area contributed by atoms with Gasteiger partial charge >= 0.3 is 6.09 Å². The monoisotopic (exact) mass is 384 g/mol. The molecule has 1 fully saturated rings. The van der Waals surface area contributed by atoms with E-state index in [4.69, 9.17) is 4.74 Å². The highest BCUT2D eigenvalue weighted by Crippen LogP contribution is 2.28. The van der Waals surface area contributed by atoms with Crippen molar-refractivity contribution in [3.8, 4) is 0 Å². The molecule has 7 nitrogen and oxygen atoms in total. The molecule has 0 radical (unpaired) electrons. The molecule has 0 unspecified atom stereocenters. The summed E-state index contributed by atoms with van der Waals surface area (Å²) >= 11 is 0. The van der Waals surface area contributed by atoms with Crippen molar-refractivity contribution in [2.45, 2.75) is 45.1 Å². The van der Waals surface area contributed by atoms with Crippen molar-refractivity contribution in [2.75, 3.05) is 25.0 Å². The van der Waals surface area contributed by atoms with Gasteiger partial charge in [0, 0.05) is 37.4 Å². The quantitative estimate of drug-likeness (QED) is 0.873. The molecule has 0 atom stereocenters. The number of H-pyrrole nitrogens is 1. The van der Waals surface area contributed by atoms with Crippen LogP contribution in [0.15, 0.2) is 36.4 Å². The average Bonchev–Trinajstić information content (AvgIpc) is 3.16. The first-order chi connectivity index (χ1) is 13.2. The van der Waals surface area contributed by atoms with Crippen molar-refractivity contribution >= 4 is 17.7 Å². The Morgan fingerprint density at radius 1 is 1.18 bits per heavy atom. The summed E-state index contributed by atoms with van der Waals surface area (Å²) in [5, 5.41) is 7.23. The standard InChI is InChI=1S/C21H28N4O3/c1-21(2,3)28-20(27)25-12-10-15(11-13-25)17-14-18(23-22-17)19(26)24(4)16-8-6-5-7-9-16/h5-9,14-15H,10-13H2,1-4H3,(H,22,23). The first-order valence-corrected chi connectivity index (χ1v) is 9.61. The minimum Gasteiger partial charge on any atom is -0.444 e. The number of para-hydroxylation sites is 1. The van der Waals surface area contributed by atoms with E-state index in [0.29, 0.717) is 18.8 Å². The zero-order chi connectivity index (χ0) is 20.3. The summed E-state index contributed by atoms with van der Waals surface area (Å²) < 4.78 is 5.44. The number of piperidine rings is 1. The molecule has 28 heavy (non-hydrogen) atoms. The summed E-state index contributed by atoms with van der Waals surface area (Å²) in [5.41, 5.74) is 1.67. The van der Waals surface area contributed by atoms with Crippen LogP contribution < -0.4 is 4.90 Å². The van der Waals surface area contributed by atoms with Crippen LogP contribution in [0.5, 0.6) is 0 Å². The molecule has 2 heterocycles. The predicted octanol–water partition coefficient (Wildman–Crippen LogP) is 3.80. The lowest BCUT2D eigenvalue weighted by atomic mass is 9.93. The topological polar surface area (TPSA) is 78.5 Å². The van der Waals surface area contributed by atoms with Crippen LogP contribution in [0.25, 0.3) is 0 Å². The number of aromatic nitrogens is 2. The molecule has 0 bridgehead atoms. The van der Waals surface area contributed by atoms with Crippen LogP contribution in [-0.2, 0) is 4.74 Å². The SMILES string of the molecule is CN(C(=O)c1cc(C2CCN(C(=O)OC(C)(C)C)CC2)[nH]n1)c1ccccc1. The Balaban J connectivity index is 1.59. The first kappa shape index (κ1) is 19.9. The van der Waals surface area contributed by atoms with E-state index in [9.17, 15) is 9.59 Å². The number of anilines is 1. The molecule has 7 heteroatoms. The van der Waals surface area contributed by atoms with Gasteiger partial charge in [-0.2, -0.15) is 5.10 Å². The van der Waals surface area contributed by atoms with E-state index in [1.807, 2.05) is 57.2 Å². The van der Waals surface area contributed by atoms with E-state index in [1.54, 1.807) is 16.8 Å². The highest BCUT2D eigenvalue weighted by Gasteiger charge is 2.29. The van der Waals surface area contributed by atoms with Crippen LogP contribution >= 0.6 is 0 Å². The summed E-state index contributed by atoms with van der Waals surface area (Å²) in [5.74, 6) is 0.0923. The molecule has 0 spiro atoms. The second kappa shape index (κ2) is 8.04. The molecule has 0 saturated carbocycles. The third-order valence-corrected chi connectivity index (χ3v) is 4.85. The summed E-state index contributed by atoms with van der Waals surface area (Å²) in [7, 11) is 1.74. The summed E-state index contributed by atoms with van der Waals surface area (Å²) in [4.78, 5) is 28.2. The number of amides is 2. The lowest BCUT2D eigenvalue weighted by Gasteiger charge is -2.33. The molecule has 1 saturated heterocycles. The highest BCUT2D eigenvalue weighted by atomic mass is 16.6. The van der Waals surface area contributed by atoms with Gasteiger partial charge in [-0.25, -0.2) is 4.79 Å². The maximum atomic E-state index is 12.7. The number of carbonyl (C=O) groups is 2. The number of ether oxygens (including phenoxy) is 1. The minimum absolute atomic E-state index is 0.153. The van der Waals surface area contributed by atoms with E-state index >= 15 is 0 Å². The fourth-order valence-electron chi connectivity index (χ4n) is 3.30. The Labute approximate surface area is 165 Å². The van der Waals surface area contributed by atoms with Gasteiger partial charge in [-0.3, -0.25) is 9.89 Å². The molecule has 1 N–H and O–H groups in total. The third kappa shape index (κ3) is 4.71. The molecule has 1 aliphatic rings. The molecule has 2 aromatic rings. The van der Waals surface area contributed by atoms with Gasteiger partial charge in [0.05, 0.1) is 0 Å².